The van der Waals surface area contributed by atoms with Gasteiger partial charge in [-0.3, -0.25) is 4.79 Å². The lowest BCUT2D eigenvalue weighted by Gasteiger charge is -2.28. The molecular formula is C9H13NO4S. The van der Waals surface area contributed by atoms with E-state index < -0.39 is 10.0 Å². The Balaban J connectivity index is 2.02. The molecule has 2 bridgehead atoms. The van der Waals surface area contributed by atoms with Crippen molar-refractivity contribution in [3.63, 3.8) is 0 Å². The van der Waals surface area contributed by atoms with Gasteiger partial charge >= 0.3 is 0 Å². The molecule has 1 N–H and O–H groups in total. The minimum absolute atomic E-state index is 0.0670. The zero-order valence-corrected chi connectivity index (χ0v) is 9.16. The second-order valence-electron chi connectivity index (χ2n) is 3.92. The van der Waals surface area contributed by atoms with Crippen LogP contribution in [0.25, 0.3) is 0 Å². The van der Waals surface area contributed by atoms with Gasteiger partial charge in [0.15, 0.2) is 0 Å². The molecule has 5 nitrogen and oxygen atoms in total. The van der Waals surface area contributed by atoms with Crippen LogP contribution >= 0.6 is 0 Å². The summed E-state index contributed by atoms with van der Waals surface area (Å²) in [5.74, 6) is -0.313. The van der Waals surface area contributed by atoms with E-state index in [-0.39, 0.29) is 30.5 Å². The molecule has 0 aromatic rings. The first-order valence-electron chi connectivity index (χ1n) is 4.77. The number of carbonyl (C=O) groups excluding carboxylic acids is 1. The summed E-state index contributed by atoms with van der Waals surface area (Å²) >= 11 is 0. The summed E-state index contributed by atoms with van der Waals surface area (Å²) in [6, 6.07) is 0. The van der Waals surface area contributed by atoms with Crippen LogP contribution in [0.15, 0.2) is 12.2 Å². The molecule has 1 fully saturated rings. The van der Waals surface area contributed by atoms with Gasteiger partial charge < -0.3 is 4.74 Å². The fourth-order valence-corrected chi connectivity index (χ4v) is 2.36. The van der Waals surface area contributed by atoms with Gasteiger partial charge in [-0.15, -0.1) is 0 Å². The average molecular weight is 231 g/mol. The molecule has 2 rings (SSSR count). The fraction of sp³-hybridized carbons (Fsp3) is 0.667. The molecule has 2 aliphatic rings. The summed E-state index contributed by atoms with van der Waals surface area (Å²) in [6.45, 7) is 0.124. The summed E-state index contributed by atoms with van der Waals surface area (Å²) in [6.07, 6.45) is 4.77. The van der Waals surface area contributed by atoms with Crippen LogP contribution in [0, 0.1) is 5.92 Å². The number of nitrogens with one attached hydrogen (secondary N) is 1. The average Bonchev–Trinajstić information content (AvgIpc) is 2.46. The molecule has 0 saturated carbocycles. The largest absolute Gasteiger partial charge is 0.366 e. The molecule has 6 heteroatoms. The molecule has 1 saturated heterocycles. The van der Waals surface area contributed by atoms with Crippen molar-refractivity contribution in [2.45, 2.75) is 18.6 Å². The Morgan fingerprint density at radius 2 is 2.27 bits per heavy atom. The second kappa shape index (κ2) is 3.70. The van der Waals surface area contributed by atoms with Gasteiger partial charge in [-0.1, -0.05) is 12.2 Å². The van der Waals surface area contributed by atoms with Gasteiger partial charge in [0.25, 0.3) is 0 Å². The van der Waals surface area contributed by atoms with Crippen LogP contribution in [0.5, 0.6) is 0 Å². The van der Waals surface area contributed by atoms with Crippen LogP contribution in [0.2, 0.25) is 0 Å². The van der Waals surface area contributed by atoms with Crippen molar-refractivity contribution in [1.29, 1.82) is 0 Å². The van der Waals surface area contributed by atoms with E-state index in [1.807, 2.05) is 12.2 Å². The first-order chi connectivity index (χ1) is 6.96. The van der Waals surface area contributed by atoms with Crippen LogP contribution in [-0.2, 0) is 19.6 Å². The zero-order chi connectivity index (χ0) is 11.1. The summed E-state index contributed by atoms with van der Waals surface area (Å²) in [5.41, 5.74) is 0. The minimum Gasteiger partial charge on any atom is -0.366 e. The van der Waals surface area contributed by atoms with E-state index >= 15 is 0 Å². The molecule has 0 spiro atoms. The number of Topliss-reactive ketones (excluding diaryl/α,β-unsaturated/α-hetero) is 1. The van der Waals surface area contributed by atoms with Gasteiger partial charge in [0, 0.05) is 13.0 Å². The molecule has 2 aliphatic heterocycles. The van der Waals surface area contributed by atoms with Crippen molar-refractivity contribution in [3.05, 3.63) is 12.2 Å². The van der Waals surface area contributed by atoms with E-state index in [1.54, 1.807) is 0 Å². The zero-order valence-electron chi connectivity index (χ0n) is 8.34. The summed E-state index contributed by atoms with van der Waals surface area (Å²) < 4.78 is 29.6. The van der Waals surface area contributed by atoms with Crippen LogP contribution in [0.4, 0.5) is 0 Å². The number of carbonyl (C=O) groups is 1. The number of rotatable bonds is 3. The standard InChI is InChI=1S/C9H13NO4S/c1-15(12,13)10-5-7-8(11)4-6-2-3-9(7)14-6/h2-3,6-7,9-10H,4-5H2,1H3/t6-,7-,9+/m0/s1. The van der Waals surface area contributed by atoms with Gasteiger partial charge in [0.2, 0.25) is 10.0 Å². The van der Waals surface area contributed by atoms with E-state index in [1.165, 1.54) is 0 Å². The summed E-state index contributed by atoms with van der Waals surface area (Å²) in [4.78, 5) is 11.6. The molecule has 84 valence electrons. The van der Waals surface area contributed by atoms with Crippen molar-refractivity contribution >= 4 is 15.8 Å². The Hall–Kier alpha value is -0.720. The third-order valence-corrected chi connectivity index (χ3v) is 3.32. The first-order valence-corrected chi connectivity index (χ1v) is 6.66. The Morgan fingerprint density at radius 3 is 2.93 bits per heavy atom. The van der Waals surface area contributed by atoms with Crippen LogP contribution < -0.4 is 4.72 Å². The maximum atomic E-state index is 11.6. The predicted octanol–water partition coefficient (Wildman–Crippen LogP) is -0.552. The molecule has 0 unspecified atom stereocenters. The summed E-state index contributed by atoms with van der Waals surface area (Å²) in [7, 11) is -3.25. The number of sulfonamides is 1. The number of fused-ring (bicyclic) bond motifs is 2. The van der Waals surface area contributed by atoms with Crippen molar-refractivity contribution in [2.75, 3.05) is 12.8 Å². The number of ketones is 1. The molecule has 15 heavy (non-hydrogen) atoms. The third kappa shape index (κ3) is 2.45. The van der Waals surface area contributed by atoms with Crippen LogP contribution in [-0.4, -0.2) is 39.2 Å². The predicted molar refractivity (Wildman–Crippen MR) is 53.8 cm³/mol. The number of hydrogen-bond donors (Lipinski definition) is 1. The first kappa shape index (κ1) is 10.8. The molecule has 0 aromatic carbocycles. The lowest BCUT2D eigenvalue weighted by Crippen LogP contribution is -2.43. The molecule has 3 atom stereocenters. The Labute approximate surface area is 88.5 Å². The highest BCUT2D eigenvalue weighted by Crippen LogP contribution is 2.28. The molecule has 0 aromatic heterocycles. The van der Waals surface area contributed by atoms with Crippen LogP contribution in [0.3, 0.4) is 0 Å². The number of hydrogen-bond acceptors (Lipinski definition) is 4. The Kier molecular flexibility index (Phi) is 2.66. The summed E-state index contributed by atoms with van der Waals surface area (Å²) in [5, 5.41) is 0. The molecule has 0 radical (unpaired) electrons. The smallest absolute Gasteiger partial charge is 0.208 e. The number of ether oxygens (including phenoxy) is 1. The highest BCUT2D eigenvalue weighted by Gasteiger charge is 2.38. The monoisotopic (exact) mass is 231 g/mol. The minimum atomic E-state index is -3.25. The topological polar surface area (TPSA) is 72.5 Å². The van der Waals surface area contributed by atoms with Crippen molar-refractivity contribution in [2.24, 2.45) is 5.92 Å². The van der Waals surface area contributed by atoms with Gasteiger partial charge in [0.05, 0.1) is 24.4 Å². The Bertz CT molecular complexity index is 400. The van der Waals surface area contributed by atoms with E-state index in [0.717, 1.165) is 6.26 Å². The van der Waals surface area contributed by atoms with Crippen molar-refractivity contribution in [3.8, 4) is 0 Å². The maximum absolute atomic E-state index is 11.6. The molecule has 2 heterocycles. The Morgan fingerprint density at radius 1 is 1.53 bits per heavy atom. The van der Waals surface area contributed by atoms with Gasteiger partial charge in [-0.05, 0) is 0 Å². The quantitative estimate of drug-likeness (QED) is 0.661. The van der Waals surface area contributed by atoms with E-state index in [4.69, 9.17) is 4.74 Å². The highest BCUT2D eigenvalue weighted by atomic mass is 32.2. The lowest BCUT2D eigenvalue weighted by molar-refractivity contribution is -0.135. The normalized spacial score (nSPS) is 34.7. The molecule has 0 aliphatic carbocycles. The van der Waals surface area contributed by atoms with Crippen LogP contribution in [0.1, 0.15) is 6.42 Å². The molecule has 0 amide bonds. The second-order valence-corrected chi connectivity index (χ2v) is 5.75. The van der Waals surface area contributed by atoms with Crippen molar-refractivity contribution in [1.82, 2.24) is 4.72 Å². The van der Waals surface area contributed by atoms with Gasteiger partial charge in [-0.2, -0.15) is 0 Å². The third-order valence-electron chi connectivity index (χ3n) is 2.63. The maximum Gasteiger partial charge on any atom is 0.208 e. The van der Waals surface area contributed by atoms with Gasteiger partial charge in [0.1, 0.15) is 5.78 Å². The highest BCUT2D eigenvalue weighted by molar-refractivity contribution is 7.88. The van der Waals surface area contributed by atoms with E-state index in [0.29, 0.717) is 6.42 Å². The SMILES string of the molecule is CS(=O)(=O)NC[C@H]1C(=O)C[C@@H]2C=C[C@H]1O2. The van der Waals surface area contributed by atoms with E-state index in [9.17, 15) is 13.2 Å². The van der Waals surface area contributed by atoms with E-state index in [2.05, 4.69) is 4.72 Å². The molecular weight excluding hydrogens is 218 g/mol. The van der Waals surface area contributed by atoms with Crippen molar-refractivity contribution < 1.29 is 17.9 Å². The fourth-order valence-electron chi connectivity index (χ4n) is 1.88. The van der Waals surface area contributed by atoms with Gasteiger partial charge in [-0.25, -0.2) is 13.1 Å². The lowest BCUT2D eigenvalue weighted by atomic mass is 9.94.